The molecular formula is C14H17BrN4S. The van der Waals surface area contributed by atoms with Crippen LogP contribution in [0, 0.1) is 13.8 Å². The minimum atomic E-state index is 0.655. The summed E-state index contributed by atoms with van der Waals surface area (Å²) in [5.41, 5.74) is 2.22. The Kier molecular flexibility index (Phi) is 5.37. The lowest BCUT2D eigenvalue weighted by Crippen LogP contribution is -2.04. The van der Waals surface area contributed by atoms with Crippen molar-refractivity contribution in [1.82, 2.24) is 15.0 Å². The molecule has 2 rings (SSSR count). The molecule has 0 amide bonds. The number of nitrogens with zero attached hydrogens (tertiary/aromatic N) is 3. The van der Waals surface area contributed by atoms with Crippen LogP contribution in [0.1, 0.15) is 24.6 Å². The largest absolute Gasteiger partial charge is 0.354 e. The molecule has 0 aliphatic rings. The van der Waals surface area contributed by atoms with Crippen LogP contribution in [0.15, 0.2) is 32.9 Å². The van der Waals surface area contributed by atoms with Gasteiger partial charge in [0.2, 0.25) is 5.95 Å². The summed E-state index contributed by atoms with van der Waals surface area (Å²) < 4.78 is 0.880. The fraction of sp³-hybridized carbons (Fsp3) is 0.357. The van der Waals surface area contributed by atoms with Crippen molar-refractivity contribution in [2.75, 3.05) is 11.9 Å². The summed E-state index contributed by atoms with van der Waals surface area (Å²) in [6.45, 7) is 7.05. The quantitative estimate of drug-likeness (QED) is 0.816. The van der Waals surface area contributed by atoms with E-state index in [-0.39, 0.29) is 0 Å². The van der Waals surface area contributed by atoms with Gasteiger partial charge in [-0.05, 0) is 65.7 Å². The first-order chi connectivity index (χ1) is 9.58. The first-order valence-corrected chi connectivity index (χ1v) is 8.09. The maximum absolute atomic E-state index is 4.52. The molecule has 2 aromatic heterocycles. The molecule has 6 heteroatoms. The lowest BCUT2D eigenvalue weighted by atomic mass is 10.3. The van der Waals surface area contributed by atoms with Gasteiger partial charge in [-0.3, -0.25) is 0 Å². The molecule has 1 N–H and O–H groups in total. The van der Waals surface area contributed by atoms with E-state index in [0.717, 1.165) is 33.2 Å². The summed E-state index contributed by atoms with van der Waals surface area (Å²) in [5, 5.41) is 5.01. The van der Waals surface area contributed by atoms with Gasteiger partial charge in [-0.25, -0.2) is 15.0 Å². The molecule has 0 radical (unpaired) electrons. The average Bonchev–Trinajstić information content (AvgIpc) is 2.38. The second kappa shape index (κ2) is 7.04. The standard InChI is InChI=1S/C14H17BrN4S/c1-4-5-16-14-17-8-11(15)13(19-14)20-12-7-9(2)6-10(3)18-12/h6-8H,4-5H2,1-3H3,(H,16,17,19). The van der Waals surface area contributed by atoms with Crippen LogP contribution in [0.4, 0.5) is 5.95 Å². The second-order valence-corrected chi connectivity index (χ2v) is 6.36. The van der Waals surface area contributed by atoms with Gasteiger partial charge in [-0.15, -0.1) is 0 Å². The van der Waals surface area contributed by atoms with Gasteiger partial charge in [0.1, 0.15) is 10.1 Å². The van der Waals surface area contributed by atoms with Crippen LogP contribution in [0.5, 0.6) is 0 Å². The smallest absolute Gasteiger partial charge is 0.223 e. The number of aryl methyl sites for hydroxylation is 2. The third-order valence-electron chi connectivity index (χ3n) is 2.52. The van der Waals surface area contributed by atoms with E-state index in [1.165, 1.54) is 5.56 Å². The lowest BCUT2D eigenvalue weighted by Gasteiger charge is -2.07. The SMILES string of the molecule is CCCNc1ncc(Br)c(Sc2cc(C)cc(C)n2)n1. The molecule has 0 aliphatic heterocycles. The van der Waals surface area contributed by atoms with Gasteiger partial charge in [-0.1, -0.05) is 6.92 Å². The molecule has 0 aromatic carbocycles. The van der Waals surface area contributed by atoms with E-state index in [1.54, 1.807) is 18.0 Å². The Balaban J connectivity index is 2.23. The van der Waals surface area contributed by atoms with Crippen molar-refractivity contribution >= 4 is 33.6 Å². The number of hydrogen-bond donors (Lipinski definition) is 1. The number of nitrogens with one attached hydrogen (secondary N) is 1. The molecule has 2 heterocycles. The second-order valence-electron chi connectivity index (χ2n) is 4.50. The molecule has 0 fully saturated rings. The molecule has 0 unspecified atom stereocenters. The Bertz CT molecular complexity index is 583. The molecule has 0 saturated carbocycles. The molecule has 0 bridgehead atoms. The number of halogens is 1. The van der Waals surface area contributed by atoms with E-state index in [2.05, 4.69) is 62.2 Å². The summed E-state index contributed by atoms with van der Waals surface area (Å²) in [7, 11) is 0. The zero-order valence-corrected chi connectivity index (χ0v) is 14.2. The third kappa shape index (κ3) is 4.18. The molecule has 4 nitrogen and oxygen atoms in total. The fourth-order valence-electron chi connectivity index (χ4n) is 1.70. The van der Waals surface area contributed by atoms with Crippen LogP contribution in [-0.2, 0) is 0 Å². The number of rotatable bonds is 5. The zero-order chi connectivity index (χ0) is 14.5. The third-order valence-corrected chi connectivity index (χ3v) is 4.29. The topological polar surface area (TPSA) is 50.7 Å². The highest BCUT2D eigenvalue weighted by Crippen LogP contribution is 2.31. The molecule has 2 aromatic rings. The van der Waals surface area contributed by atoms with Crippen molar-refractivity contribution in [3.8, 4) is 0 Å². The summed E-state index contributed by atoms with van der Waals surface area (Å²) in [6, 6.07) is 4.12. The van der Waals surface area contributed by atoms with E-state index in [0.29, 0.717) is 5.95 Å². The summed E-state index contributed by atoms with van der Waals surface area (Å²) >= 11 is 5.03. The summed E-state index contributed by atoms with van der Waals surface area (Å²) in [4.78, 5) is 13.3. The van der Waals surface area contributed by atoms with Crippen LogP contribution >= 0.6 is 27.7 Å². The minimum Gasteiger partial charge on any atom is -0.354 e. The van der Waals surface area contributed by atoms with Crippen LogP contribution < -0.4 is 5.32 Å². The van der Waals surface area contributed by atoms with Crippen molar-refractivity contribution in [2.24, 2.45) is 0 Å². The average molecular weight is 353 g/mol. The van der Waals surface area contributed by atoms with Gasteiger partial charge in [0.05, 0.1) is 4.47 Å². The molecular weight excluding hydrogens is 336 g/mol. The Morgan fingerprint density at radius 1 is 1.25 bits per heavy atom. The Morgan fingerprint density at radius 2 is 2.05 bits per heavy atom. The van der Waals surface area contributed by atoms with E-state index < -0.39 is 0 Å². The highest BCUT2D eigenvalue weighted by Gasteiger charge is 2.08. The van der Waals surface area contributed by atoms with Crippen molar-refractivity contribution in [3.63, 3.8) is 0 Å². The first-order valence-electron chi connectivity index (χ1n) is 6.48. The van der Waals surface area contributed by atoms with Gasteiger partial charge < -0.3 is 5.32 Å². The maximum atomic E-state index is 4.52. The molecule has 0 spiro atoms. The van der Waals surface area contributed by atoms with Gasteiger partial charge in [0.25, 0.3) is 0 Å². The maximum Gasteiger partial charge on any atom is 0.223 e. The summed E-state index contributed by atoms with van der Waals surface area (Å²) in [6.07, 6.45) is 2.82. The van der Waals surface area contributed by atoms with Crippen molar-refractivity contribution in [2.45, 2.75) is 37.2 Å². The van der Waals surface area contributed by atoms with Gasteiger partial charge in [0.15, 0.2) is 0 Å². The lowest BCUT2D eigenvalue weighted by molar-refractivity contribution is 0.928. The Labute approximate surface area is 132 Å². The van der Waals surface area contributed by atoms with E-state index >= 15 is 0 Å². The highest BCUT2D eigenvalue weighted by atomic mass is 79.9. The van der Waals surface area contributed by atoms with E-state index in [9.17, 15) is 0 Å². The first kappa shape index (κ1) is 15.3. The van der Waals surface area contributed by atoms with Crippen LogP contribution in [0.3, 0.4) is 0 Å². The molecule has 106 valence electrons. The zero-order valence-electron chi connectivity index (χ0n) is 11.8. The number of aromatic nitrogens is 3. The number of hydrogen-bond acceptors (Lipinski definition) is 5. The fourth-order valence-corrected chi connectivity index (χ4v) is 3.05. The number of pyridine rings is 1. The number of anilines is 1. The van der Waals surface area contributed by atoms with E-state index in [4.69, 9.17) is 0 Å². The van der Waals surface area contributed by atoms with Gasteiger partial charge >= 0.3 is 0 Å². The monoisotopic (exact) mass is 352 g/mol. The normalized spacial score (nSPS) is 10.6. The van der Waals surface area contributed by atoms with Crippen molar-refractivity contribution in [1.29, 1.82) is 0 Å². The van der Waals surface area contributed by atoms with E-state index in [1.807, 2.05) is 6.92 Å². The van der Waals surface area contributed by atoms with Crippen LogP contribution in [0.25, 0.3) is 0 Å². The molecule has 0 atom stereocenters. The van der Waals surface area contributed by atoms with Crippen LogP contribution in [0.2, 0.25) is 0 Å². The predicted molar refractivity (Wildman–Crippen MR) is 86.3 cm³/mol. The Morgan fingerprint density at radius 3 is 2.75 bits per heavy atom. The molecule has 0 saturated heterocycles. The predicted octanol–water partition coefficient (Wildman–Crippen LogP) is 4.22. The Hall–Kier alpha value is -1.14. The van der Waals surface area contributed by atoms with Gasteiger partial charge in [-0.2, -0.15) is 0 Å². The van der Waals surface area contributed by atoms with Crippen molar-refractivity contribution in [3.05, 3.63) is 34.1 Å². The highest BCUT2D eigenvalue weighted by molar-refractivity contribution is 9.10. The van der Waals surface area contributed by atoms with Crippen molar-refractivity contribution < 1.29 is 0 Å². The molecule has 0 aliphatic carbocycles. The van der Waals surface area contributed by atoms with Crippen LogP contribution in [-0.4, -0.2) is 21.5 Å². The minimum absolute atomic E-state index is 0.655. The molecule has 20 heavy (non-hydrogen) atoms. The summed E-state index contributed by atoms with van der Waals surface area (Å²) in [5.74, 6) is 0.655. The van der Waals surface area contributed by atoms with Gasteiger partial charge in [0, 0.05) is 18.4 Å².